The number of rotatable bonds is 2. The van der Waals surface area contributed by atoms with Crippen molar-refractivity contribution < 1.29 is 86.4 Å². The Morgan fingerprint density at radius 1 is 1.25 bits per heavy atom. The van der Waals surface area contributed by atoms with E-state index in [0.29, 0.717) is 0 Å². The molecule has 0 amide bonds. The minimum Gasteiger partial charge on any atom is -0.545 e. The van der Waals surface area contributed by atoms with Crippen LogP contribution in [0.25, 0.3) is 0 Å². The van der Waals surface area contributed by atoms with Crippen LogP contribution in [0.15, 0.2) is 24.3 Å². The minimum atomic E-state index is -2.21. The second-order valence-corrected chi connectivity index (χ2v) is 4.38. The Hall–Kier alpha value is 0.126. The molecule has 0 aromatic heterocycles. The van der Waals surface area contributed by atoms with Crippen LogP contribution in [-0.2, 0) is 10.5 Å². The van der Waals surface area contributed by atoms with E-state index in [-0.39, 0.29) is 69.1 Å². The number of aliphatic hydroxyl groups excluding tert-OH is 3. The van der Waals surface area contributed by atoms with E-state index in [1.807, 2.05) is 0 Å². The molecular weight excluding hydrogens is 295 g/mol. The molecule has 2 rings (SSSR count). The van der Waals surface area contributed by atoms with E-state index < -0.39 is 30.1 Å². The third-order valence-electron chi connectivity index (χ3n) is 3.13. The van der Waals surface area contributed by atoms with Crippen molar-refractivity contribution >= 4 is 5.97 Å². The molecule has 1 heterocycles. The minimum absolute atomic E-state index is 0. The van der Waals surface area contributed by atoms with Crippen molar-refractivity contribution in [2.24, 2.45) is 0 Å². The summed E-state index contributed by atoms with van der Waals surface area (Å²) in [6, 6.07) is 4.82. The van der Waals surface area contributed by atoms with Gasteiger partial charge in [-0.3, -0.25) is 0 Å². The number of carbonyl (C=O) groups is 1. The molecule has 1 saturated heterocycles. The monoisotopic (exact) mass is 308 g/mol. The maximum absolute atomic E-state index is 10.6. The van der Waals surface area contributed by atoms with Gasteiger partial charge in [-0.25, -0.2) is 0 Å². The van der Waals surface area contributed by atoms with Gasteiger partial charge >= 0.3 is 51.4 Å². The van der Waals surface area contributed by atoms with Crippen molar-refractivity contribution in [3.8, 4) is 0 Å². The maximum Gasteiger partial charge on any atom is 1.00 e. The van der Waals surface area contributed by atoms with Gasteiger partial charge in [-0.05, 0) is 5.56 Å². The molecule has 0 saturated carbocycles. The van der Waals surface area contributed by atoms with E-state index in [4.69, 9.17) is 4.74 Å². The van der Waals surface area contributed by atoms with Crippen LogP contribution in [0.3, 0.4) is 0 Å². The molecule has 20 heavy (non-hydrogen) atoms. The molecule has 8 heteroatoms. The van der Waals surface area contributed by atoms with Crippen LogP contribution >= 0.6 is 0 Å². The smallest absolute Gasteiger partial charge is 0.545 e. The van der Waals surface area contributed by atoms with E-state index in [2.05, 4.69) is 0 Å². The summed E-state index contributed by atoms with van der Waals surface area (Å²) in [5, 5.41) is 49.5. The zero-order chi connectivity index (χ0) is 14.2. The van der Waals surface area contributed by atoms with Crippen molar-refractivity contribution in [1.82, 2.24) is 0 Å². The second-order valence-electron chi connectivity index (χ2n) is 4.38. The van der Waals surface area contributed by atoms with Gasteiger partial charge < -0.3 is 35.1 Å². The molecule has 0 spiro atoms. The van der Waals surface area contributed by atoms with Crippen molar-refractivity contribution in [3.05, 3.63) is 35.4 Å². The fraction of sp³-hybridized carbons (Fsp3) is 0.417. The van der Waals surface area contributed by atoms with Crippen LogP contribution in [0.1, 0.15) is 15.9 Å². The first-order valence-corrected chi connectivity index (χ1v) is 5.58. The normalized spacial score (nSPS) is 33.3. The summed E-state index contributed by atoms with van der Waals surface area (Å²) >= 11 is 0. The topological polar surface area (TPSA) is 130 Å². The molecule has 4 N–H and O–H groups in total. The first-order chi connectivity index (χ1) is 8.86. The predicted octanol–water partition coefficient (Wildman–Crippen LogP) is -5.69. The fourth-order valence-electron chi connectivity index (χ4n) is 1.94. The van der Waals surface area contributed by atoms with Gasteiger partial charge in [0.15, 0.2) is 0 Å². The van der Waals surface area contributed by atoms with Gasteiger partial charge in [-0.15, -0.1) is 0 Å². The van der Waals surface area contributed by atoms with E-state index in [1.54, 1.807) is 0 Å². The van der Waals surface area contributed by atoms with Crippen molar-refractivity contribution in [2.75, 3.05) is 6.61 Å². The molecule has 0 aliphatic carbocycles. The van der Waals surface area contributed by atoms with Crippen LogP contribution in [0.5, 0.6) is 0 Å². The molecule has 1 aromatic carbocycles. The molecule has 1 aliphatic rings. The van der Waals surface area contributed by atoms with Crippen molar-refractivity contribution in [1.29, 1.82) is 0 Å². The van der Waals surface area contributed by atoms with Crippen molar-refractivity contribution in [3.63, 3.8) is 0 Å². The zero-order valence-electron chi connectivity index (χ0n) is 10.8. The first kappa shape index (κ1) is 18.2. The quantitative estimate of drug-likeness (QED) is 0.401. The molecule has 0 bridgehead atoms. The summed E-state index contributed by atoms with van der Waals surface area (Å²) in [4.78, 5) is 10.6. The number of carboxylic acids is 1. The first-order valence-electron chi connectivity index (χ1n) is 5.58. The Balaban J connectivity index is 0.00000200. The van der Waals surface area contributed by atoms with E-state index in [0.717, 1.165) is 0 Å². The molecule has 4 atom stereocenters. The molecule has 0 unspecified atom stereocenters. The summed E-state index contributed by atoms with van der Waals surface area (Å²) in [6.07, 6.45) is -4.64. The Bertz CT molecular complexity index is 477. The van der Waals surface area contributed by atoms with Crippen LogP contribution < -0.4 is 56.5 Å². The van der Waals surface area contributed by atoms with E-state index in [1.165, 1.54) is 24.3 Å². The third-order valence-corrected chi connectivity index (χ3v) is 3.13. The molecule has 7 nitrogen and oxygen atoms in total. The average Bonchev–Trinajstić information content (AvgIpc) is 2.41. The third kappa shape index (κ3) is 3.30. The zero-order valence-corrected chi connectivity index (χ0v) is 13.9. The average molecular weight is 308 g/mol. The SMILES string of the molecule is O=C([O-])c1ccc([C@]2(O)OC[C@@H](O)[C@H](O)[C@H]2O)cc1.[K+]. The molecule has 104 valence electrons. The van der Waals surface area contributed by atoms with Crippen LogP contribution in [0, 0.1) is 0 Å². The van der Waals surface area contributed by atoms with Gasteiger partial charge in [0, 0.05) is 5.56 Å². The summed E-state index contributed by atoms with van der Waals surface area (Å²) in [6.45, 7) is -0.364. The Kier molecular flexibility index (Phi) is 6.29. The number of hydrogen-bond donors (Lipinski definition) is 4. The Morgan fingerprint density at radius 3 is 2.30 bits per heavy atom. The van der Waals surface area contributed by atoms with E-state index >= 15 is 0 Å². The molecule has 1 aromatic rings. The number of aliphatic hydroxyl groups is 4. The van der Waals surface area contributed by atoms with Crippen LogP contribution in [-0.4, -0.2) is 51.3 Å². The van der Waals surface area contributed by atoms with Crippen molar-refractivity contribution in [2.45, 2.75) is 24.1 Å². The fourth-order valence-corrected chi connectivity index (χ4v) is 1.94. The van der Waals surface area contributed by atoms with Gasteiger partial charge in [0.2, 0.25) is 5.79 Å². The van der Waals surface area contributed by atoms with Gasteiger partial charge in [0.25, 0.3) is 0 Å². The summed E-state index contributed by atoms with van der Waals surface area (Å²) in [5.41, 5.74) is -0.0332. The Morgan fingerprint density at radius 2 is 1.80 bits per heavy atom. The largest absolute Gasteiger partial charge is 1.00 e. The van der Waals surface area contributed by atoms with E-state index in [9.17, 15) is 30.3 Å². The molecule has 1 fully saturated rings. The molecular formula is C12H13KO7. The van der Waals surface area contributed by atoms with Crippen LogP contribution in [0.2, 0.25) is 0 Å². The van der Waals surface area contributed by atoms with Gasteiger partial charge in [-0.2, -0.15) is 0 Å². The number of hydrogen-bond acceptors (Lipinski definition) is 7. The molecule has 1 aliphatic heterocycles. The summed E-state index contributed by atoms with van der Waals surface area (Å²) < 4.78 is 4.98. The van der Waals surface area contributed by atoms with Crippen LogP contribution in [0.4, 0.5) is 0 Å². The number of carboxylic acid groups (broad SMARTS) is 1. The maximum atomic E-state index is 10.6. The standard InChI is InChI=1S/C12H14O7.K/c13-8-5-19-12(18,10(15)9(8)14)7-3-1-6(2-4-7)11(16)17;/h1-4,8-10,13-15,18H,5H2,(H,16,17);/q;+1/p-1/t8-,9+,10-,12+;/m1./s1. The summed E-state index contributed by atoms with van der Waals surface area (Å²) in [5.74, 6) is -3.58. The number of carbonyl (C=O) groups excluding carboxylic acids is 1. The second kappa shape index (κ2) is 6.92. The van der Waals surface area contributed by atoms with Gasteiger partial charge in [-0.1, -0.05) is 24.3 Å². The number of ether oxygens (including phenoxy) is 1. The van der Waals surface area contributed by atoms with Gasteiger partial charge in [0.05, 0.1) is 12.6 Å². The molecule has 0 radical (unpaired) electrons. The summed E-state index contributed by atoms with van der Waals surface area (Å²) in [7, 11) is 0. The van der Waals surface area contributed by atoms with Gasteiger partial charge in [0.1, 0.15) is 18.3 Å². The number of benzene rings is 1. The predicted molar refractivity (Wildman–Crippen MR) is 58.6 cm³/mol. The number of aromatic carboxylic acids is 1. The Labute approximate surface area is 157 Å².